The van der Waals surface area contributed by atoms with Crippen LogP contribution in [0.3, 0.4) is 0 Å². The van der Waals surface area contributed by atoms with Gasteiger partial charge in [-0.05, 0) is 33.6 Å². The molecule has 0 spiro atoms. The summed E-state index contributed by atoms with van der Waals surface area (Å²) < 4.78 is 8.78. The number of aromatic nitrogens is 3. The molecular formula is C17H23ClN4O3. The highest BCUT2D eigenvalue weighted by Gasteiger charge is 2.29. The van der Waals surface area contributed by atoms with Gasteiger partial charge in [-0.25, -0.2) is 14.6 Å². The first-order chi connectivity index (χ1) is 11.7. The first-order valence-corrected chi connectivity index (χ1v) is 8.75. The molecule has 3 heterocycles. The summed E-state index contributed by atoms with van der Waals surface area (Å²) in [7, 11) is 1.73. The van der Waals surface area contributed by atoms with Gasteiger partial charge in [0.1, 0.15) is 10.8 Å². The molecule has 2 aromatic heterocycles. The molecule has 0 atom stereocenters. The number of fused-ring (bicyclic) bond motifs is 1. The number of rotatable bonds is 1. The normalized spacial score (nSPS) is 16.4. The Bertz CT molecular complexity index is 857. The molecule has 0 unspecified atom stereocenters. The van der Waals surface area contributed by atoms with Crippen LogP contribution in [0.5, 0.6) is 0 Å². The first kappa shape index (κ1) is 17.8. The van der Waals surface area contributed by atoms with Crippen LogP contribution in [-0.4, -0.2) is 43.8 Å². The van der Waals surface area contributed by atoms with Crippen LogP contribution >= 0.6 is 11.6 Å². The molecule has 25 heavy (non-hydrogen) atoms. The molecule has 136 valence electrons. The summed E-state index contributed by atoms with van der Waals surface area (Å²) in [5.74, 6) is 0. The van der Waals surface area contributed by atoms with Gasteiger partial charge in [0.05, 0.1) is 17.2 Å². The lowest BCUT2D eigenvalue weighted by Crippen LogP contribution is -2.43. The van der Waals surface area contributed by atoms with Crippen LogP contribution in [0, 0.1) is 0 Å². The molecule has 1 saturated heterocycles. The summed E-state index contributed by atoms with van der Waals surface area (Å²) in [4.78, 5) is 30.6. The smallest absolute Gasteiger partial charge is 0.410 e. The lowest BCUT2D eigenvalue weighted by molar-refractivity contribution is 0.0188. The molecule has 8 heteroatoms. The van der Waals surface area contributed by atoms with Crippen LogP contribution in [0.4, 0.5) is 4.79 Å². The van der Waals surface area contributed by atoms with Crippen molar-refractivity contribution in [2.24, 2.45) is 7.05 Å². The monoisotopic (exact) mass is 366 g/mol. The van der Waals surface area contributed by atoms with Crippen molar-refractivity contribution in [3.8, 4) is 0 Å². The average Bonchev–Trinajstić information content (AvgIpc) is 2.77. The van der Waals surface area contributed by atoms with Gasteiger partial charge < -0.3 is 9.64 Å². The van der Waals surface area contributed by atoms with E-state index in [9.17, 15) is 9.59 Å². The minimum atomic E-state index is -0.510. The minimum Gasteiger partial charge on any atom is -0.444 e. The van der Waals surface area contributed by atoms with Gasteiger partial charge in [-0.2, -0.15) is 0 Å². The zero-order valence-corrected chi connectivity index (χ0v) is 15.7. The molecule has 7 nitrogen and oxygen atoms in total. The molecule has 0 bridgehead atoms. The van der Waals surface area contributed by atoms with E-state index in [1.807, 2.05) is 20.8 Å². The maximum atomic E-state index is 12.7. The molecule has 0 aliphatic carbocycles. The van der Waals surface area contributed by atoms with E-state index >= 15 is 0 Å². The Morgan fingerprint density at radius 1 is 1.28 bits per heavy atom. The zero-order chi connectivity index (χ0) is 18.4. The minimum absolute atomic E-state index is 0.0216. The predicted molar refractivity (Wildman–Crippen MR) is 96.1 cm³/mol. The van der Waals surface area contributed by atoms with Crippen LogP contribution in [0.15, 0.2) is 17.1 Å². The van der Waals surface area contributed by atoms with Gasteiger partial charge in [0.2, 0.25) is 0 Å². The van der Waals surface area contributed by atoms with Crippen LogP contribution in [0.1, 0.15) is 39.7 Å². The fourth-order valence-corrected chi connectivity index (χ4v) is 3.37. The van der Waals surface area contributed by atoms with E-state index in [-0.39, 0.29) is 17.8 Å². The summed E-state index contributed by atoms with van der Waals surface area (Å²) in [6.45, 7) is 6.67. The lowest BCUT2D eigenvalue weighted by atomic mass is 10.0. The number of likely N-dealkylation sites (tertiary alicyclic amines) is 1. The Kier molecular flexibility index (Phi) is 4.53. The van der Waals surface area contributed by atoms with Crippen molar-refractivity contribution in [1.82, 2.24) is 19.0 Å². The fourth-order valence-electron chi connectivity index (χ4n) is 3.22. The van der Waals surface area contributed by atoms with Crippen molar-refractivity contribution < 1.29 is 9.53 Å². The number of hydrogen-bond acceptors (Lipinski definition) is 4. The van der Waals surface area contributed by atoms with Crippen molar-refractivity contribution >= 4 is 28.7 Å². The summed E-state index contributed by atoms with van der Waals surface area (Å²) >= 11 is 6.01. The second-order valence-electron chi connectivity index (χ2n) is 7.41. The molecule has 3 rings (SSSR count). The van der Waals surface area contributed by atoms with Gasteiger partial charge in [-0.1, -0.05) is 11.6 Å². The standard InChI is InChI=1S/C17H23ClN4O3/c1-17(2,3)25-16(24)21-7-5-11(6-8-21)22-12-9-14(18)19-10-13(12)20(4)15(22)23/h9-11H,5-8H2,1-4H3. The van der Waals surface area contributed by atoms with Crippen molar-refractivity contribution in [3.05, 3.63) is 27.9 Å². The fraction of sp³-hybridized carbons (Fsp3) is 0.588. The number of nitrogens with zero attached hydrogens (tertiary/aromatic N) is 4. The highest BCUT2D eigenvalue weighted by molar-refractivity contribution is 6.29. The van der Waals surface area contributed by atoms with Crippen molar-refractivity contribution in [2.45, 2.75) is 45.3 Å². The van der Waals surface area contributed by atoms with E-state index in [4.69, 9.17) is 16.3 Å². The topological polar surface area (TPSA) is 69.4 Å². The molecule has 0 N–H and O–H groups in total. The van der Waals surface area contributed by atoms with Gasteiger partial charge in [0.25, 0.3) is 0 Å². The largest absolute Gasteiger partial charge is 0.444 e. The van der Waals surface area contributed by atoms with Gasteiger partial charge in [-0.15, -0.1) is 0 Å². The number of aryl methyl sites for hydroxylation is 1. The number of halogens is 1. The number of piperidine rings is 1. The van der Waals surface area contributed by atoms with Gasteiger partial charge in [0, 0.05) is 32.2 Å². The van der Waals surface area contributed by atoms with E-state index in [2.05, 4.69) is 4.98 Å². The number of carbonyl (C=O) groups is 1. The molecule has 2 aromatic rings. The molecule has 1 fully saturated rings. The third-order valence-electron chi connectivity index (χ3n) is 4.42. The average molecular weight is 367 g/mol. The summed E-state index contributed by atoms with van der Waals surface area (Å²) in [5.41, 5.74) is 0.937. The molecule has 0 saturated carbocycles. The number of carbonyl (C=O) groups excluding carboxylic acids is 1. The number of imidazole rings is 1. The quantitative estimate of drug-likeness (QED) is 0.727. The Hall–Kier alpha value is -2.02. The number of pyridine rings is 1. The van der Waals surface area contributed by atoms with Crippen LogP contribution in [-0.2, 0) is 11.8 Å². The summed E-state index contributed by atoms with van der Waals surface area (Å²) in [5, 5.41) is 0.359. The van der Waals surface area contributed by atoms with Crippen LogP contribution < -0.4 is 5.69 Å². The molecule has 0 aromatic carbocycles. The second kappa shape index (κ2) is 6.37. The molecule has 1 amide bonds. The Balaban J connectivity index is 1.81. The SMILES string of the molecule is Cn1c(=O)n(C2CCN(C(=O)OC(C)(C)C)CC2)c2cc(Cl)ncc21. The highest BCUT2D eigenvalue weighted by Crippen LogP contribution is 2.27. The van der Waals surface area contributed by atoms with Crippen molar-refractivity contribution in [1.29, 1.82) is 0 Å². The third-order valence-corrected chi connectivity index (χ3v) is 4.63. The maximum Gasteiger partial charge on any atom is 0.410 e. The van der Waals surface area contributed by atoms with E-state index in [1.54, 1.807) is 33.3 Å². The number of ether oxygens (including phenoxy) is 1. The van der Waals surface area contributed by atoms with E-state index < -0.39 is 5.60 Å². The molecule has 1 aliphatic rings. The molecule has 1 aliphatic heterocycles. The highest BCUT2D eigenvalue weighted by atomic mass is 35.5. The van der Waals surface area contributed by atoms with Crippen molar-refractivity contribution in [2.75, 3.05) is 13.1 Å². The maximum absolute atomic E-state index is 12.7. The Morgan fingerprint density at radius 2 is 1.92 bits per heavy atom. The van der Waals surface area contributed by atoms with Crippen LogP contribution in [0.2, 0.25) is 5.15 Å². The second-order valence-corrected chi connectivity index (χ2v) is 7.79. The van der Waals surface area contributed by atoms with E-state index in [1.165, 1.54) is 0 Å². The Labute approximate surface area is 151 Å². The van der Waals surface area contributed by atoms with Gasteiger partial charge in [-0.3, -0.25) is 9.13 Å². The summed E-state index contributed by atoms with van der Waals surface area (Å²) in [6, 6.07) is 1.74. The first-order valence-electron chi connectivity index (χ1n) is 8.38. The van der Waals surface area contributed by atoms with E-state index in [0.717, 1.165) is 11.0 Å². The van der Waals surface area contributed by atoms with Gasteiger partial charge >= 0.3 is 11.8 Å². The summed E-state index contributed by atoms with van der Waals surface area (Å²) in [6.07, 6.45) is 2.70. The number of hydrogen-bond donors (Lipinski definition) is 0. The third kappa shape index (κ3) is 3.51. The van der Waals surface area contributed by atoms with Gasteiger partial charge in [0.15, 0.2) is 0 Å². The lowest BCUT2D eigenvalue weighted by Gasteiger charge is -2.33. The Morgan fingerprint density at radius 3 is 2.52 bits per heavy atom. The number of amides is 1. The predicted octanol–water partition coefficient (Wildman–Crippen LogP) is 2.96. The van der Waals surface area contributed by atoms with E-state index in [0.29, 0.717) is 31.1 Å². The molecular weight excluding hydrogens is 344 g/mol. The van der Waals surface area contributed by atoms with Crippen LogP contribution in [0.25, 0.3) is 11.0 Å². The molecule has 0 radical (unpaired) electrons. The van der Waals surface area contributed by atoms with Crippen molar-refractivity contribution in [3.63, 3.8) is 0 Å². The zero-order valence-electron chi connectivity index (χ0n) is 15.0.